The molecular formula is C27H20BrNO3. The Morgan fingerprint density at radius 2 is 1.59 bits per heavy atom. The van der Waals surface area contributed by atoms with Crippen molar-refractivity contribution < 1.29 is 14.7 Å². The standard InChI is InChI=1S/C27H20BrNO3/c28-22-12-13-24-23(15-22)27(32,26(31)29(24)17-18-6-2-1-3-7-18)16-25(30)21-11-10-19-8-4-5-9-20(19)14-21/h1-15,32H,16-17H2/t27-/m0/s1. The van der Waals surface area contributed by atoms with E-state index >= 15 is 0 Å². The van der Waals surface area contributed by atoms with E-state index in [4.69, 9.17) is 0 Å². The molecular weight excluding hydrogens is 466 g/mol. The van der Waals surface area contributed by atoms with Gasteiger partial charge >= 0.3 is 0 Å². The topological polar surface area (TPSA) is 57.6 Å². The maximum Gasteiger partial charge on any atom is 0.264 e. The first-order valence-corrected chi connectivity index (χ1v) is 11.2. The third kappa shape index (κ3) is 3.53. The van der Waals surface area contributed by atoms with Crippen LogP contribution in [0.4, 0.5) is 5.69 Å². The molecule has 4 aromatic carbocycles. The van der Waals surface area contributed by atoms with Crippen LogP contribution in [0, 0.1) is 0 Å². The van der Waals surface area contributed by atoms with Gasteiger partial charge in [-0.05, 0) is 40.6 Å². The van der Waals surface area contributed by atoms with Gasteiger partial charge < -0.3 is 10.0 Å². The normalized spacial score (nSPS) is 17.6. The molecule has 5 heteroatoms. The van der Waals surface area contributed by atoms with Gasteiger partial charge in [-0.15, -0.1) is 0 Å². The Labute approximate surface area is 194 Å². The lowest BCUT2D eigenvalue weighted by atomic mass is 9.87. The highest BCUT2D eigenvalue weighted by Crippen LogP contribution is 2.44. The van der Waals surface area contributed by atoms with E-state index in [0.717, 1.165) is 20.8 Å². The van der Waals surface area contributed by atoms with E-state index in [0.29, 0.717) is 23.4 Å². The molecule has 4 aromatic rings. The minimum Gasteiger partial charge on any atom is -0.375 e. The van der Waals surface area contributed by atoms with Gasteiger partial charge in [0.1, 0.15) is 0 Å². The summed E-state index contributed by atoms with van der Waals surface area (Å²) >= 11 is 3.44. The van der Waals surface area contributed by atoms with Crippen LogP contribution in [0.15, 0.2) is 95.5 Å². The van der Waals surface area contributed by atoms with E-state index in [1.54, 1.807) is 23.1 Å². The Balaban J connectivity index is 1.51. The molecule has 1 aliphatic heterocycles. The lowest BCUT2D eigenvalue weighted by Crippen LogP contribution is -2.41. The quantitative estimate of drug-likeness (QED) is 0.373. The second-order valence-electron chi connectivity index (χ2n) is 8.06. The SMILES string of the molecule is O=C(C[C@@]1(O)C(=O)N(Cc2ccccc2)c2ccc(Br)cc21)c1ccc2ccccc2c1. The van der Waals surface area contributed by atoms with E-state index in [1.165, 1.54) is 0 Å². The van der Waals surface area contributed by atoms with E-state index in [-0.39, 0.29) is 12.2 Å². The molecule has 158 valence electrons. The van der Waals surface area contributed by atoms with Crippen molar-refractivity contribution in [3.8, 4) is 0 Å². The molecule has 1 amide bonds. The van der Waals surface area contributed by atoms with Crippen molar-refractivity contribution in [1.29, 1.82) is 0 Å². The number of carbonyl (C=O) groups is 2. The van der Waals surface area contributed by atoms with Crippen molar-refractivity contribution in [1.82, 2.24) is 0 Å². The average Bonchev–Trinajstić information content (AvgIpc) is 3.00. The fraction of sp³-hybridized carbons (Fsp3) is 0.111. The van der Waals surface area contributed by atoms with Gasteiger partial charge in [0.25, 0.3) is 5.91 Å². The van der Waals surface area contributed by atoms with Crippen LogP contribution in [0.3, 0.4) is 0 Å². The zero-order valence-electron chi connectivity index (χ0n) is 17.2. The second-order valence-corrected chi connectivity index (χ2v) is 8.98. The predicted octanol–water partition coefficient (Wildman–Crippen LogP) is 5.61. The summed E-state index contributed by atoms with van der Waals surface area (Å²) in [5.41, 5.74) is 0.567. The Morgan fingerprint density at radius 3 is 2.38 bits per heavy atom. The van der Waals surface area contributed by atoms with E-state index < -0.39 is 11.5 Å². The highest BCUT2D eigenvalue weighted by atomic mass is 79.9. The summed E-state index contributed by atoms with van der Waals surface area (Å²) in [5.74, 6) is -0.761. The fourth-order valence-corrected chi connectivity index (χ4v) is 4.67. The van der Waals surface area contributed by atoms with Crippen LogP contribution in [0.25, 0.3) is 10.8 Å². The van der Waals surface area contributed by atoms with Gasteiger partial charge in [0.05, 0.1) is 18.7 Å². The first-order chi connectivity index (χ1) is 15.5. The number of hydrogen-bond acceptors (Lipinski definition) is 3. The summed E-state index contributed by atoms with van der Waals surface area (Å²) in [6.45, 7) is 0.320. The van der Waals surface area contributed by atoms with Gasteiger partial charge in [0.15, 0.2) is 11.4 Å². The summed E-state index contributed by atoms with van der Waals surface area (Å²) in [5, 5.41) is 13.6. The molecule has 0 saturated carbocycles. The van der Waals surface area contributed by atoms with Crippen molar-refractivity contribution >= 4 is 44.1 Å². The molecule has 1 aliphatic rings. The Bertz CT molecular complexity index is 1350. The summed E-state index contributed by atoms with van der Waals surface area (Å²) in [7, 11) is 0. The number of fused-ring (bicyclic) bond motifs is 2. The maximum absolute atomic E-state index is 13.5. The average molecular weight is 486 g/mol. The van der Waals surface area contributed by atoms with Gasteiger partial charge in [-0.1, -0.05) is 82.7 Å². The van der Waals surface area contributed by atoms with Gasteiger partial charge in [0.2, 0.25) is 0 Å². The Kier molecular flexibility index (Phi) is 5.16. The molecule has 1 heterocycles. The number of nitrogens with zero attached hydrogens (tertiary/aromatic N) is 1. The summed E-state index contributed by atoms with van der Waals surface area (Å²) in [4.78, 5) is 28.3. The van der Waals surface area contributed by atoms with Crippen LogP contribution in [-0.2, 0) is 16.9 Å². The van der Waals surface area contributed by atoms with E-state index in [1.807, 2.05) is 72.8 Å². The number of Topliss-reactive ketones (excluding diaryl/α,β-unsaturated/α-hetero) is 1. The van der Waals surface area contributed by atoms with Gasteiger partial charge in [-0.25, -0.2) is 0 Å². The van der Waals surface area contributed by atoms with Gasteiger partial charge in [-0.2, -0.15) is 0 Å². The molecule has 0 aromatic heterocycles. The molecule has 1 N–H and O–H groups in total. The molecule has 0 radical (unpaired) electrons. The third-order valence-electron chi connectivity index (χ3n) is 5.97. The third-order valence-corrected chi connectivity index (χ3v) is 6.46. The summed E-state index contributed by atoms with van der Waals surface area (Å²) < 4.78 is 0.738. The van der Waals surface area contributed by atoms with Crippen molar-refractivity contribution in [2.45, 2.75) is 18.6 Å². The number of ketones is 1. The van der Waals surface area contributed by atoms with E-state index in [2.05, 4.69) is 15.9 Å². The smallest absolute Gasteiger partial charge is 0.264 e. The number of carbonyl (C=O) groups excluding carboxylic acids is 2. The molecule has 0 bridgehead atoms. The number of rotatable bonds is 5. The zero-order chi connectivity index (χ0) is 22.3. The molecule has 0 aliphatic carbocycles. The van der Waals surface area contributed by atoms with Crippen LogP contribution in [0.2, 0.25) is 0 Å². The molecule has 1 atom stereocenters. The van der Waals surface area contributed by atoms with E-state index in [9.17, 15) is 14.7 Å². The molecule has 5 rings (SSSR count). The lowest BCUT2D eigenvalue weighted by molar-refractivity contribution is -0.136. The van der Waals surface area contributed by atoms with Crippen molar-refractivity contribution in [3.63, 3.8) is 0 Å². The number of anilines is 1. The first-order valence-electron chi connectivity index (χ1n) is 10.4. The van der Waals surface area contributed by atoms with Crippen molar-refractivity contribution in [2.24, 2.45) is 0 Å². The zero-order valence-corrected chi connectivity index (χ0v) is 18.7. The molecule has 0 fully saturated rings. The number of hydrogen-bond donors (Lipinski definition) is 1. The molecule has 4 nitrogen and oxygen atoms in total. The number of benzene rings is 4. The molecule has 0 saturated heterocycles. The van der Waals surface area contributed by atoms with Crippen LogP contribution in [0.5, 0.6) is 0 Å². The maximum atomic E-state index is 13.5. The first kappa shape index (κ1) is 20.6. The minimum absolute atomic E-state index is 0.279. The molecule has 0 spiro atoms. The highest BCUT2D eigenvalue weighted by Gasteiger charge is 2.51. The minimum atomic E-state index is -1.92. The highest BCUT2D eigenvalue weighted by molar-refractivity contribution is 9.10. The van der Waals surface area contributed by atoms with Crippen molar-refractivity contribution in [3.05, 3.63) is 112 Å². The Morgan fingerprint density at radius 1 is 0.875 bits per heavy atom. The van der Waals surface area contributed by atoms with Crippen LogP contribution >= 0.6 is 15.9 Å². The number of aliphatic hydroxyl groups is 1. The predicted molar refractivity (Wildman–Crippen MR) is 129 cm³/mol. The lowest BCUT2D eigenvalue weighted by Gasteiger charge is -2.23. The van der Waals surface area contributed by atoms with Crippen LogP contribution in [-0.4, -0.2) is 16.8 Å². The summed E-state index contributed by atoms with van der Waals surface area (Å²) in [6, 6.07) is 28.2. The van der Waals surface area contributed by atoms with Crippen molar-refractivity contribution in [2.75, 3.05) is 4.90 Å². The largest absolute Gasteiger partial charge is 0.375 e. The Hall–Kier alpha value is -3.28. The van der Waals surface area contributed by atoms with Crippen LogP contribution in [0.1, 0.15) is 27.9 Å². The molecule has 0 unspecified atom stereocenters. The fourth-order valence-electron chi connectivity index (χ4n) is 4.31. The van der Waals surface area contributed by atoms with Gasteiger partial charge in [-0.3, -0.25) is 9.59 Å². The number of halogens is 1. The number of amides is 1. The second kappa shape index (κ2) is 8.01. The monoisotopic (exact) mass is 485 g/mol. The summed E-state index contributed by atoms with van der Waals surface area (Å²) in [6.07, 6.45) is -0.321. The van der Waals surface area contributed by atoms with Gasteiger partial charge in [0, 0.05) is 15.6 Å². The molecule has 32 heavy (non-hydrogen) atoms. The van der Waals surface area contributed by atoms with Crippen LogP contribution < -0.4 is 4.90 Å².